The van der Waals surface area contributed by atoms with Gasteiger partial charge in [0.25, 0.3) is 0 Å². The van der Waals surface area contributed by atoms with Crippen LogP contribution in [-0.4, -0.2) is 24.2 Å². The van der Waals surface area contributed by atoms with Crippen molar-refractivity contribution >= 4 is 18.0 Å². The fourth-order valence-electron chi connectivity index (χ4n) is 1.36. The summed E-state index contributed by atoms with van der Waals surface area (Å²) in [6.45, 7) is 1.82. The number of aryl methyl sites for hydroxylation is 1. The first kappa shape index (κ1) is 13.0. The van der Waals surface area contributed by atoms with Gasteiger partial charge in [-0.3, -0.25) is 4.79 Å². The Balaban J connectivity index is 2.79. The van der Waals surface area contributed by atoms with Crippen LogP contribution in [0.3, 0.4) is 0 Å². The van der Waals surface area contributed by atoms with Crippen molar-refractivity contribution in [1.29, 1.82) is 0 Å². The molecule has 0 aliphatic carbocycles. The smallest absolute Gasteiger partial charge is 0.335 e. The number of aromatic carboxylic acids is 1. The van der Waals surface area contributed by atoms with Crippen LogP contribution in [0.1, 0.15) is 27.9 Å². The maximum atomic E-state index is 10.9. The number of hydrogen-bond acceptors (Lipinski definition) is 3. The molecule has 17 heavy (non-hydrogen) atoms. The van der Waals surface area contributed by atoms with Crippen LogP contribution >= 0.6 is 0 Å². The second-order valence-electron chi connectivity index (χ2n) is 3.56. The van der Waals surface area contributed by atoms with Crippen LogP contribution in [0.5, 0.6) is 0 Å². The maximum absolute atomic E-state index is 10.9. The lowest BCUT2D eigenvalue weighted by molar-refractivity contribution is -0.139. The molecule has 4 heteroatoms. The molecule has 1 aromatic rings. The van der Waals surface area contributed by atoms with Crippen molar-refractivity contribution in [3.8, 4) is 0 Å². The standard InChI is InChI=1S/C13H14O4/c1-9-8-11(13(15)16)7-6-10(9)4-3-5-12(14)17-2/h3-4,6-8H,5H2,1-2H3,(H,15,16). The van der Waals surface area contributed by atoms with E-state index in [2.05, 4.69) is 4.74 Å². The summed E-state index contributed by atoms with van der Waals surface area (Å²) < 4.78 is 4.50. The van der Waals surface area contributed by atoms with Crippen molar-refractivity contribution in [3.63, 3.8) is 0 Å². The van der Waals surface area contributed by atoms with Gasteiger partial charge in [0.1, 0.15) is 0 Å². The molecule has 1 rings (SSSR count). The minimum absolute atomic E-state index is 0.205. The lowest BCUT2D eigenvalue weighted by Gasteiger charge is -2.02. The fourth-order valence-corrected chi connectivity index (χ4v) is 1.36. The molecule has 0 unspecified atom stereocenters. The summed E-state index contributed by atoms with van der Waals surface area (Å²) in [4.78, 5) is 21.6. The van der Waals surface area contributed by atoms with Gasteiger partial charge < -0.3 is 9.84 Å². The van der Waals surface area contributed by atoms with E-state index in [9.17, 15) is 9.59 Å². The lowest BCUT2D eigenvalue weighted by atomic mass is 10.0. The number of ether oxygens (including phenoxy) is 1. The van der Waals surface area contributed by atoms with Crippen LogP contribution in [0.25, 0.3) is 6.08 Å². The van der Waals surface area contributed by atoms with Crippen LogP contribution < -0.4 is 0 Å². The zero-order chi connectivity index (χ0) is 12.8. The lowest BCUT2D eigenvalue weighted by Crippen LogP contribution is -1.98. The Morgan fingerprint density at radius 2 is 2.12 bits per heavy atom. The fraction of sp³-hybridized carbons (Fsp3) is 0.231. The molecule has 0 amide bonds. The number of hydrogen-bond donors (Lipinski definition) is 1. The first-order chi connectivity index (χ1) is 8.04. The summed E-state index contributed by atoms with van der Waals surface area (Å²) in [6, 6.07) is 4.85. The quantitative estimate of drug-likeness (QED) is 0.812. The van der Waals surface area contributed by atoms with Gasteiger partial charge in [-0.15, -0.1) is 0 Å². The molecule has 0 spiro atoms. The molecular weight excluding hydrogens is 220 g/mol. The molecular formula is C13H14O4. The predicted molar refractivity (Wildman–Crippen MR) is 63.8 cm³/mol. The number of carbonyl (C=O) groups excluding carboxylic acids is 1. The third-order valence-electron chi connectivity index (χ3n) is 2.33. The molecule has 0 aliphatic heterocycles. The molecule has 1 N–H and O–H groups in total. The monoisotopic (exact) mass is 234 g/mol. The van der Waals surface area contributed by atoms with Crippen LogP contribution in [0.4, 0.5) is 0 Å². The number of carbonyl (C=O) groups is 2. The van der Waals surface area contributed by atoms with E-state index < -0.39 is 5.97 Å². The van der Waals surface area contributed by atoms with Crippen LogP contribution in [0.15, 0.2) is 24.3 Å². The summed E-state index contributed by atoms with van der Waals surface area (Å²) in [5.74, 6) is -1.25. The molecule has 90 valence electrons. The van der Waals surface area contributed by atoms with E-state index in [0.29, 0.717) is 0 Å². The summed E-state index contributed by atoms with van der Waals surface area (Å²) in [5.41, 5.74) is 2.00. The average molecular weight is 234 g/mol. The van der Waals surface area contributed by atoms with E-state index in [1.807, 2.05) is 6.92 Å². The first-order valence-corrected chi connectivity index (χ1v) is 5.12. The summed E-state index contributed by atoms with van der Waals surface area (Å²) in [5, 5.41) is 8.80. The van der Waals surface area contributed by atoms with Gasteiger partial charge in [-0.2, -0.15) is 0 Å². The molecule has 0 radical (unpaired) electrons. The normalized spacial score (nSPS) is 10.5. The second-order valence-corrected chi connectivity index (χ2v) is 3.56. The van der Waals surface area contributed by atoms with E-state index in [-0.39, 0.29) is 18.0 Å². The molecule has 0 fully saturated rings. The van der Waals surface area contributed by atoms with Crippen molar-refractivity contribution < 1.29 is 19.4 Å². The molecule has 0 bridgehead atoms. The van der Waals surface area contributed by atoms with Gasteiger partial charge in [0.15, 0.2) is 0 Å². The zero-order valence-electron chi connectivity index (χ0n) is 9.77. The third-order valence-corrected chi connectivity index (χ3v) is 2.33. The largest absolute Gasteiger partial charge is 0.478 e. The Kier molecular flexibility index (Phi) is 4.46. The number of methoxy groups -OCH3 is 1. The highest BCUT2D eigenvalue weighted by Gasteiger charge is 2.04. The first-order valence-electron chi connectivity index (χ1n) is 5.12. The van der Waals surface area contributed by atoms with Gasteiger partial charge in [-0.25, -0.2) is 4.79 Å². The van der Waals surface area contributed by atoms with Crippen molar-refractivity contribution in [2.75, 3.05) is 7.11 Å². The molecule has 1 aromatic carbocycles. The predicted octanol–water partition coefficient (Wildman–Crippen LogP) is 2.27. The van der Waals surface area contributed by atoms with E-state index >= 15 is 0 Å². The minimum atomic E-state index is -0.946. The Morgan fingerprint density at radius 1 is 1.41 bits per heavy atom. The Labute approximate surface area is 99.5 Å². The summed E-state index contributed by atoms with van der Waals surface area (Å²) in [7, 11) is 1.34. The van der Waals surface area contributed by atoms with Crippen LogP contribution in [0.2, 0.25) is 0 Å². The molecule has 0 aromatic heterocycles. The zero-order valence-corrected chi connectivity index (χ0v) is 9.77. The Hall–Kier alpha value is -2.10. The Bertz CT molecular complexity index is 460. The maximum Gasteiger partial charge on any atom is 0.335 e. The highest BCUT2D eigenvalue weighted by atomic mass is 16.5. The van der Waals surface area contributed by atoms with Gasteiger partial charge >= 0.3 is 11.9 Å². The van der Waals surface area contributed by atoms with Gasteiger partial charge in [-0.1, -0.05) is 18.2 Å². The molecule has 0 saturated heterocycles. The molecule has 0 aliphatic rings. The van der Waals surface area contributed by atoms with Gasteiger partial charge in [0.05, 0.1) is 19.1 Å². The number of carboxylic acids is 1. The van der Waals surface area contributed by atoms with Crippen LogP contribution in [0, 0.1) is 6.92 Å². The highest BCUT2D eigenvalue weighted by molar-refractivity contribution is 5.88. The number of benzene rings is 1. The highest BCUT2D eigenvalue weighted by Crippen LogP contribution is 2.13. The van der Waals surface area contributed by atoms with E-state index in [4.69, 9.17) is 5.11 Å². The number of carboxylic acid groups (broad SMARTS) is 1. The molecule has 4 nitrogen and oxygen atoms in total. The van der Waals surface area contributed by atoms with Crippen molar-refractivity contribution in [2.24, 2.45) is 0 Å². The third kappa shape index (κ3) is 3.75. The van der Waals surface area contributed by atoms with Gasteiger partial charge in [-0.05, 0) is 30.2 Å². The molecule has 0 saturated carbocycles. The number of esters is 1. The van der Waals surface area contributed by atoms with Crippen molar-refractivity contribution in [3.05, 3.63) is 41.0 Å². The van der Waals surface area contributed by atoms with E-state index in [1.165, 1.54) is 13.2 Å². The number of rotatable bonds is 4. The SMILES string of the molecule is COC(=O)CC=Cc1ccc(C(=O)O)cc1C. The van der Waals surface area contributed by atoms with Gasteiger partial charge in [0.2, 0.25) is 0 Å². The van der Waals surface area contributed by atoms with E-state index in [0.717, 1.165) is 11.1 Å². The summed E-state index contributed by atoms with van der Waals surface area (Å²) >= 11 is 0. The van der Waals surface area contributed by atoms with Gasteiger partial charge in [0, 0.05) is 0 Å². The van der Waals surface area contributed by atoms with E-state index in [1.54, 1.807) is 24.3 Å². The second kappa shape index (κ2) is 5.84. The summed E-state index contributed by atoms with van der Waals surface area (Å²) in [6.07, 6.45) is 3.67. The average Bonchev–Trinajstić information content (AvgIpc) is 2.30. The minimum Gasteiger partial charge on any atom is -0.478 e. The Morgan fingerprint density at radius 3 is 2.65 bits per heavy atom. The van der Waals surface area contributed by atoms with Crippen molar-refractivity contribution in [2.45, 2.75) is 13.3 Å². The molecule has 0 heterocycles. The molecule has 0 atom stereocenters. The van der Waals surface area contributed by atoms with Crippen molar-refractivity contribution in [1.82, 2.24) is 0 Å². The van der Waals surface area contributed by atoms with Crippen LogP contribution in [-0.2, 0) is 9.53 Å². The topological polar surface area (TPSA) is 63.6 Å².